The van der Waals surface area contributed by atoms with E-state index in [0.717, 1.165) is 0 Å². The first-order valence-corrected chi connectivity index (χ1v) is 9.13. The molecule has 1 aromatic carbocycles. The lowest BCUT2D eigenvalue weighted by Gasteiger charge is -2.12. The molecule has 24 heavy (non-hydrogen) atoms. The lowest BCUT2D eigenvalue weighted by Crippen LogP contribution is -2.24. The highest BCUT2D eigenvalue weighted by Crippen LogP contribution is 2.48. The van der Waals surface area contributed by atoms with E-state index in [1.165, 1.54) is 26.4 Å². The van der Waals surface area contributed by atoms with Crippen molar-refractivity contribution in [3.63, 3.8) is 0 Å². The Kier molecular flexibility index (Phi) is 4.58. The van der Waals surface area contributed by atoms with Crippen molar-refractivity contribution in [2.45, 2.75) is 31.7 Å². The number of rotatable bonds is 0. The predicted molar refractivity (Wildman–Crippen MR) is 87.1 cm³/mol. The van der Waals surface area contributed by atoms with E-state index < -0.39 is 15.6 Å². The molecule has 1 aliphatic heterocycles. The molecule has 0 fully saturated rings. The summed E-state index contributed by atoms with van der Waals surface area (Å²) < 4.78 is 62.7. The quantitative estimate of drug-likeness (QED) is 0.395. The molecule has 0 bridgehead atoms. The standard InChI is InChI=1S/C14H16NS.CHF3O3S/c1-9-14(2,3)13-12(15(9)4)10-7-5-6-8-11(10)16-13;2-1(3,4)8(5,6)7/h5-8H,1-4H3;(H,5,6,7)/q+1;/p-1. The smallest absolute Gasteiger partial charge is 0.485 e. The third-order valence-corrected chi connectivity index (χ3v) is 6.21. The molecule has 1 aliphatic rings. The molecule has 2 aromatic rings. The van der Waals surface area contributed by atoms with Crippen LogP contribution < -0.4 is 0 Å². The molecule has 0 unspecified atom stereocenters. The number of hydrogen-bond donors (Lipinski definition) is 0. The van der Waals surface area contributed by atoms with Crippen molar-refractivity contribution in [2.24, 2.45) is 0 Å². The molecule has 132 valence electrons. The van der Waals surface area contributed by atoms with E-state index >= 15 is 0 Å². The average molecular weight is 379 g/mol. The first kappa shape index (κ1) is 18.9. The Morgan fingerprint density at radius 2 is 1.71 bits per heavy atom. The topological polar surface area (TPSA) is 60.2 Å². The van der Waals surface area contributed by atoms with Crippen molar-refractivity contribution >= 4 is 42.9 Å². The van der Waals surface area contributed by atoms with Gasteiger partial charge in [0, 0.05) is 11.6 Å². The van der Waals surface area contributed by atoms with Gasteiger partial charge in [0.25, 0.3) is 0 Å². The van der Waals surface area contributed by atoms with Gasteiger partial charge < -0.3 is 4.55 Å². The van der Waals surface area contributed by atoms with Gasteiger partial charge in [0.1, 0.15) is 7.05 Å². The van der Waals surface area contributed by atoms with Gasteiger partial charge in [0.15, 0.2) is 15.8 Å². The molecule has 0 spiro atoms. The van der Waals surface area contributed by atoms with Crippen LogP contribution >= 0.6 is 11.3 Å². The Bertz CT molecular complexity index is 925. The fourth-order valence-electron chi connectivity index (χ4n) is 2.54. The maximum atomic E-state index is 10.7. The van der Waals surface area contributed by atoms with E-state index in [9.17, 15) is 13.2 Å². The van der Waals surface area contributed by atoms with Crippen LogP contribution in [0.2, 0.25) is 0 Å². The van der Waals surface area contributed by atoms with Crippen molar-refractivity contribution in [3.05, 3.63) is 29.1 Å². The fourth-order valence-corrected chi connectivity index (χ4v) is 3.93. The van der Waals surface area contributed by atoms with Gasteiger partial charge in [-0.1, -0.05) is 12.1 Å². The molecule has 0 radical (unpaired) electrons. The van der Waals surface area contributed by atoms with Crippen LogP contribution in [0.15, 0.2) is 24.3 Å². The predicted octanol–water partition coefficient (Wildman–Crippen LogP) is 3.98. The summed E-state index contributed by atoms with van der Waals surface area (Å²) in [5.41, 5.74) is -2.59. The summed E-state index contributed by atoms with van der Waals surface area (Å²) in [4.78, 5) is 1.51. The van der Waals surface area contributed by atoms with Crippen molar-refractivity contribution in [3.8, 4) is 0 Å². The summed E-state index contributed by atoms with van der Waals surface area (Å²) in [5.74, 6) is 0. The van der Waals surface area contributed by atoms with Gasteiger partial charge in [-0.2, -0.15) is 13.2 Å². The van der Waals surface area contributed by atoms with Crippen LogP contribution in [-0.4, -0.2) is 35.8 Å². The van der Waals surface area contributed by atoms with Crippen LogP contribution in [0.5, 0.6) is 0 Å². The minimum atomic E-state index is -6.09. The van der Waals surface area contributed by atoms with Crippen LogP contribution in [0.25, 0.3) is 10.1 Å². The zero-order chi connectivity index (χ0) is 18.5. The number of thiophene rings is 1. The largest absolute Gasteiger partial charge is 0.741 e. The molecule has 0 aliphatic carbocycles. The monoisotopic (exact) mass is 379 g/mol. The van der Waals surface area contributed by atoms with Crippen LogP contribution in [0, 0.1) is 0 Å². The molecule has 0 saturated carbocycles. The molecule has 0 saturated heterocycles. The van der Waals surface area contributed by atoms with Crippen molar-refractivity contribution in [2.75, 3.05) is 7.05 Å². The lowest BCUT2D eigenvalue weighted by molar-refractivity contribution is -0.401. The lowest BCUT2D eigenvalue weighted by atomic mass is 9.88. The van der Waals surface area contributed by atoms with Gasteiger partial charge in [-0.05, 0) is 26.0 Å². The van der Waals surface area contributed by atoms with E-state index in [1.807, 2.05) is 11.3 Å². The maximum Gasteiger partial charge on any atom is 0.485 e. The van der Waals surface area contributed by atoms with Crippen molar-refractivity contribution < 1.29 is 30.7 Å². The van der Waals surface area contributed by atoms with Crippen molar-refractivity contribution in [1.29, 1.82) is 0 Å². The summed E-state index contributed by atoms with van der Waals surface area (Å²) in [6.07, 6.45) is 0. The van der Waals surface area contributed by atoms with E-state index in [4.69, 9.17) is 13.0 Å². The highest BCUT2D eigenvalue weighted by molar-refractivity contribution is 7.86. The number of fused-ring (bicyclic) bond motifs is 3. The summed E-state index contributed by atoms with van der Waals surface area (Å²) in [6.45, 7) is 6.88. The maximum absolute atomic E-state index is 10.7. The van der Waals surface area contributed by atoms with Gasteiger partial charge in [-0.15, -0.1) is 11.3 Å². The molecule has 3 rings (SSSR count). The zero-order valence-corrected chi connectivity index (χ0v) is 15.1. The van der Waals surface area contributed by atoms with Crippen LogP contribution in [0.4, 0.5) is 18.9 Å². The van der Waals surface area contributed by atoms with E-state index in [2.05, 4.69) is 56.7 Å². The average Bonchev–Trinajstić information content (AvgIpc) is 2.90. The Hall–Kier alpha value is -1.45. The summed E-state index contributed by atoms with van der Waals surface area (Å²) in [5, 5.41) is 1.40. The number of nitrogens with zero attached hydrogens (tertiary/aromatic N) is 1. The minimum Gasteiger partial charge on any atom is -0.741 e. The molecule has 0 atom stereocenters. The number of alkyl halides is 3. The Labute approximate surface area is 142 Å². The SMILES string of the molecule is CC1=[N+](C)c2c(sc3ccccc23)C1(C)C.O=S(=O)([O-])C(F)(F)F. The second-order valence-electron chi connectivity index (χ2n) is 5.95. The van der Waals surface area contributed by atoms with Crippen LogP contribution in [0.1, 0.15) is 25.6 Å². The zero-order valence-electron chi connectivity index (χ0n) is 13.4. The van der Waals surface area contributed by atoms with Gasteiger partial charge in [-0.3, -0.25) is 0 Å². The molecule has 1 aromatic heterocycles. The Morgan fingerprint density at radius 3 is 2.21 bits per heavy atom. The molecule has 4 nitrogen and oxygen atoms in total. The first-order valence-electron chi connectivity index (χ1n) is 6.90. The molecule has 2 heterocycles. The minimum absolute atomic E-state index is 0.188. The normalized spacial score (nSPS) is 16.8. The second-order valence-corrected chi connectivity index (χ2v) is 8.37. The van der Waals surface area contributed by atoms with Gasteiger partial charge in [0.05, 0.1) is 15.7 Å². The van der Waals surface area contributed by atoms with E-state index in [1.54, 1.807) is 0 Å². The molecule has 0 N–H and O–H groups in total. The summed E-state index contributed by atoms with van der Waals surface area (Å²) in [7, 11) is -3.91. The molecular weight excluding hydrogens is 363 g/mol. The van der Waals surface area contributed by atoms with Crippen LogP contribution in [-0.2, 0) is 15.5 Å². The van der Waals surface area contributed by atoms with Gasteiger partial charge in [-0.25, -0.2) is 13.0 Å². The highest BCUT2D eigenvalue weighted by atomic mass is 32.2. The summed E-state index contributed by atoms with van der Waals surface area (Å²) in [6, 6.07) is 8.70. The molecule has 9 heteroatoms. The Morgan fingerprint density at radius 1 is 1.21 bits per heavy atom. The Balaban J connectivity index is 0.000000224. The fraction of sp³-hybridized carbons (Fsp3) is 0.400. The molecular formula is C15H16F3NO3S2. The number of hydrogen-bond acceptors (Lipinski definition) is 4. The van der Waals surface area contributed by atoms with E-state index in [0.29, 0.717) is 0 Å². The first-order chi connectivity index (χ1) is 10.8. The highest BCUT2D eigenvalue weighted by Gasteiger charge is 2.44. The van der Waals surface area contributed by atoms with E-state index in [-0.39, 0.29) is 5.41 Å². The molecule has 0 amide bonds. The number of halogens is 3. The third-order valence-electron chi connectivity index (χ3n) is 4.16. The summed E-state index contributed by atoms with van der Waals surface area (Å²) >= 11 is 1.94. The number of benzene rings is 1. The van der Waals surface area contributed by atoms with Gasteiger partial charge in [0.2, 0.25) is 5.69 Å². The van der Waals surface area contributed by atoms with Crippen molar-refractivity contribution in [1.82, 2.24) is 0 Å². The van der Waals surface area contributed by atoms with Gasteiger partial charge >= 0.3 is 5.51 Å². The van der Waals surface area contributed by atoms with Crippen LogP contribution in [0.3, 0.4) is 0 Å². The second kappa shape index (κ2) is 5.82. The third kappa shape index (κ3) is 3.07.